The molecule has 2 aromatic carbocycles. The van der Waals surface area contributed by atoms with Gasteiger partial charge in [0, 0.05) is 35.5 Å². The fraction of sp³-hybridized carbons (Fsp3) is 0.227. The molecule has 5 heteroatoms. The van der Waals surface area contributed by atoms with Gasteiger partial charge in [0.2, 0.25) is 0 Å². The standard InChI is InChI=1S/C22H23BrN2O2/c1-16-5-7-17(8-6-16)15-27-22-19(20(23)9-10-21(22)26-2)14-25-13-18-4-3-11-24-12-18/h3-12,25H,13-15H2,1-2H3. The van der Waals surface area contributed by atoms with Crippen molar-refractivity contribution in [3.05, 3.63) is 87.7 Å². The van der Waals surface area contributed by atoms with Gasteiger partial charge in [-0.2, -0.15) is 0 Å². The Hall–Kier alpha value is -2.37. The molecule has 0 aliphatic rings. The Bertz CT molecular complexity index is 867. The van der Waals surface area contributed by atoms with Gasteiger partial charge in [-0.25, -0.2) is 0 Å². The lowest BCUT2D eigenvalue weighted by Crippen LogP contribution is -2.14. The largest absolute Gasteiger partial charge is 0.493 e. The molecule has 1 N–H and O–H groups in total. The number of pyridine rings is 1. The second kappa shape index (κ2) is 9.53. The molecule has 1 heterocycles. The zero-order valence-corrected chi connectivity index (χ0v) is 17.1. The molecular formula is C22H23BrN2O2. The Morgan fingerprint density at radius 2 is 1.81 bits per heavy atom. The van der Waals surface area contributed by atoms with Crippen molar-refractivity contribution >= 4 is 15.9 Å². The van der Waals surface area contributed by atoms with E-state index in [1.165, 1.54) is 5.56 Å². The van der Waals surface area contributed by atoms with Gasteiger partial charge in [0.25, 0.3) is 0 Å². The van der Waals surface area contributed by atoms with E-state index in [-0.39, 0.29) is 0 Å². The van der Waals surface area contributed by atoms with Crippen LogP contribution in [-0.2, 0) is 19.7 Å². The molecule has 0 atom stereocenters. The van der Waals surface area contributed by atoms with Gasteiger partial charge in [0.1, 0.15) is 6.61 Å². The highest BCUT2D eigenvalue weighted by molar-refractivity contribution is 9.10. The topological polar surface area (TPSA) is 43.4 Å². The molecule has 0 aliphatic heterocycles. The summed E-state index contributed by atoms with van der Waals surface area (Å²) in [5, 5.41) is 3.45. The molecule has 0 saturated heterocycles. The van der Waals surface area contributed by atoms with E-state index in [0.717, 1.165) is 39.2 Å². The van der Waals surface area contributed by atoms with Crippen LogP contribution in [0.15, 0.2) is 65.4 Å². The van der Waals surface area contributed by atoms with E-state index >= 15 is 0 Å². The van der Waals surface area contributed by atoms with E-state index in [2.05, 4.69) is 63.5 Å². The third-order valence-corrected chi connectivity index (χ3v) is 4.99. The number of aryl methyl sites for hydroxylation is 1. The summed E-state index contributed by atoms with van der Waals surface area (Å²) in [5.74, 6) is 1.48. The number of hydrogen-bond donors (Lipinski definition) is 1. The molecule has 0 radical (unpaired) electrons. The minimum Gasteiger partial charge on any atom is -0.493 e. The number of nitrogens with one attached hydrogen (secondary N) is 1. The molecule has 140 valence electrons. The molecule has 0 aliphatic carbocycles. The maximum Gasteiger partial charge on any atom is 0.167 e. The lowest BCUT2D eigenvalue weighted by Gasteiger charge is -2.17. The number of rotatable bonds is 8. The SMILES string of the molecule is COc1ccc(Br)c(CNCc2cccnc2)c1OCc1ccc(C)cc1. The van der Waals surface area contributed by atoms with Crippen LogP contribution < -0.4 is 14.8 Å². The first kappa shape index (κ1) is 19.4. The predicted octanol–water partition coefficient (Wildman–Crippen LogP) is 5.03. The number of benzene rings is 2. The van der Waals surface area contributed by atoms with Crippen molar-refractivity contribution in [2.24, 2.45) is 0 Å². The molecule has 0 bridgehead atoms. The van der Waals surface area contributed by atoms with Gasteiger partial charge in [-0.05, 0) is 36.2 Å². The highest BCUT2D eigenvalue weighted by atomic mass is 79.9. The maximum absolute atomic E-state index is 6.16. The van der Waals surface area contributed by atoms with Gasteiger partial charge in [0.15, 0.2) is 11.5 Å². The number of hydrogen-bond acceptors (Lipinski definition) is 4. The van der Waals surface area contributed by atoms with Gasteiger partial charge < -0.3 is 14.8 Å². The molecule has 0 saturated carbocycles. The van der Waals surface area contributed by atoms with Crippen LogP contribution in [0.4, 0.5) is 0 Å². The summed E-state index contributed by atoms with van der Waals surface area (Å²) in [7, 11) is 1.66. The third kappa shape index (κ3) is 5.31. The summed E-state index contributed by atoms with van der Waals surface area (Å²) in [6, 6.07) is 16.2. The van der Waals surface area contributed by atoms with Crippen LogP contribution in [0, 0.1) is 6.92 Å². The van der Waals surface area contributed by atoms with Crippen molar-refractivity contribution in [3.8, 4) is 11.5 Å². The number of halogens is 1. The Morgan fingerprint density at radius 3 is 2.52 bits per heavy atom. The van der Waals surface area contributed by atoms with Crippen LogP contribution in [-0.4, -0.2) is 12.1 Å². The Morgan fingerprint density at radius 1 is 1.00 bits per heavy atom. The molecule has 3 rings (SSSR count). The van der Waals surface area contributed by atoms with E-state index in [4.69, 9.17) is 9.47 Å². The first-order chi connectivity index (χ1) is 13.2. The van der Waals surface area contributed by atoms with E-state index in [1.807, 2.05) is 24.4 Å². The van der Waals surface area contributed by atoms with Crippen molar-refractivity contribution in [2.75, 3.05) is 7.11 Å². The minimum atomic E-state index is 0.489. The zero-order chi connectivity index (χ0) is 19.1. The number of nitrogens with zero attached hydrogens (tertiary/aromatic N) is 1. The van der Waals surface area contributed by atoms with Crippen LogP contribution in [0.25, 0.3) is 0 Å². The monoisotopic (exact) mass is 426 g/mol. The first-order valence-corrected chi connectivity index (χ1v) is 9.60. The van der Waals surface area contributed by atoms with Crippen molar-refractivity contribution < 1.29 is 9.47 Å². The Kier molecular flexibility index (Phi) is 6.85. The smallest absolute Gasteiger partial charge is 0.167 e. The maximum atomic E-state index is 6.16. The molecule has 0 fully saturated rings. The van der Waals surface area contributed by atoms with Crippen molar-refractivity contribution in [3.63, 3.8) is 0 Å². The summed E-state index contributed by atoms with van der Waals surface area (Å²) >= 11 is 3.64. The minimum absolute atomic E-state index is 0.489. The Balaban J connectivity index is 1.74. The number of aromatic nitrogens is 1. The summed E-state index contributed by atoms with van der Waals surface area (Å²) in [6.45, 7) is 3.95. The third-order valence-electron chi connectivity index (χ3n) is 4.24. The second-order valence-electron chi connectivity index (χ2n) is 6.30. The van der Waals surface area contributed by atoms with Crippen LogP contribution >= 0.6 is 15.9 Å². The van der Waals surface area contributed by atoms with E-state index in [9.17, 15) is 0 Å². The van der Waals surface area contributed by atoms with Crippen molar-refractivity contribution in [1.29, 1.82) is 0 Å². The molecule has 3 aromatic rings. The zero-order valence-electron chi connectivity index (χ0n) is 15.5. The average Bonchev–Trinajstić information content (AvgIpc) is 2.70. The molecule has 4 nitrogen and oxygen atoms in total. The van der Waals surface area contributed by atoms with Crippen molar-refractivity contribution in [2.45, 2.75) is 26.6 Å². The van der Waals surface area contributed by atoms with E-state index in [1.54, 1.807) is 13.3 Å². The summed E-state index contributed by atoms with van der Waals surface area (Å²) in [4.78, 5) is 4.15. The molecule has 27 heavy (non-hydrogen) atoms. The molecular weight excluding hydrogens is 404 g/mol. The van der Waals surface area contributed by atoms with Crippen LogP contribution in [0.1, 0.15) is 22.3 Å². The normalized spacial score (nSPS) is 10.6. The van der Waals surface area contributed by atoms with Crippen LogP contribution in [0.5, 0.6) is 11.5 Å². The fourth-order valence-corrected chi connectivity index (χ4v) is 3.19. The summed E-state index contributed by atoms with van der Waals surface area (Å²) in [5.41, 5.74) is 4.53. The van der Waals surface area contributed by atoms with Gasteiger partial charge in [0.05, 0.1) is 7.11 Å². The lowest BCUT2D eigenvalue weighted by atomic mass is 10.1. The predicted molar refractivity (Wildman–Crippen MR) is 111 cm³/mol. The highest BCUT2D eigenvalue weighted by Gasteiger charge is 2.15. The van der Waals surface area contributed by atoms with Gasteiger partial charge in [-0.15, -0.1) is 0 Å². The number of ether oxygens (including phenoxy) is 2. The summed E-state index contributed by atoms with van der Waals surface area (Å²) < 4.78 is 12.7. The van der Waals surface area contributed by atoms with E-state index in [0.29, 0.717) is 13.2 Å². The van der Waals surface area contributed by atoms with Gasteiger partial charge in [-0.3, -0.25) is 4.98 Å². The second-order valence-corrected chi connectivity index (χ2v) is 7.15. The molecule has 1 aromatic heterocycles. The first-order valence-electron chi connectivity index (χ1n) is 8.80. The molecule has 0 unspecified atom stereocenters. The average molecular weight is 427 g/mol. The van der Waals surface area contributed by atoms with Crippen molar-refractivity contribution in [1.82, 2.24) is 10.3 Å². The summed E-state index contributed by atoms with van der Waals surface area (Å²) in [6.07, 6.45) is 3.64. The quantitative estimate of drug-likeness (QED) is 0.548. The van der Waals surface area contributed by atoms with Gasteiger partial charge >= 0.3 is 0 Å². The lowest BCUT2D eigenvalue weighted by molar-refractivity contribution is 0.280. The molecule has 0 spiro atoms. The van der Waals surface area contributed by atoms with Crippen LogP contribution in [0.3, 0.4) is 0 Å². The highest BCUT2D eigenvalue weighted by Crippen LogP contribution is 2.36. The Labute approximate surface area is 168 Å². The fourth-order valence-electron chi connectivity index (χ4n) is 2.74. The van der Waals surface area contributed by atoms with E-state index < -0.39 is 0 Å². The van der Waals surface area contributed by atoms with Gasteiger partial charge in [-0.1, -0.05) is 51.8 Å². The van der Waals surface area contributed by atoms with Crippen LogP contribution in [0.2, 0.25) is 0 Å². The molecule has 0 amide bonds. The number of methoxy groups -OCH3 is 1.